The number of benzene rings is 2. The first-order valence-electron chi connectivity index (χ1n) is 6.30. The van der Waals surface area contributed by atoms with Gasteiger partial charge < -0.3 is 4.74 Å². The Balaban J connectivity index is 2.15. The van der Waals surface area contributed by atoms with E-state index in [4.69, 9.17) is 21.6 Å². The zero-order chi connectivity index (χ0) is 14.7. The molecule has 0 fully saturated rings. The molecule has 0 radical (unpaired) electrons. The summed E-state index contributed by atoms with van der Waals surface area (Å²) in [6, 6.07) is 16.7. The van der Waals surface area contributed by atoms with E-state index in [-0.39, 0.29) is 6.61 Å². The summed E-state index contributed by atoms with van der Waals surface area (Å²) >= 11 is 5.89. The molecule has 21 heavy (non-hydrogen) atoms. The minimum Gasteiger partial charge on any atom is -0.462 e. The lowest BCUT2D eigenvalue weighted by Gasteiger charge is -2.08. The van der Waals surface area contributed by atoms with Gasteiger partial charge in [-0.1, -0.05) is 23.7 Å². The van der Waals surface area contributed by atoms with Gasteiger partial charge in [-0.15, -0.1) is 0 Å². The van der Waals surface area contributed by atoms with Gasteiger partial charge in [0.05, 0.1) is 10.9 Å². The highest BCUT2D eigenvalue weighted by molar-refractivity contribution is 6.30. The lowest BCUT2D eigenvalue weighted by atomic mass is 10.2. The first-order chi connectivity index (χ1) is 10.3. The Labute approximate surface area is 126 Å². The minimum atomic E-state index is -0.0545. The predicted molar refractivity (Wildman–Crippen MR) is 81.1 cm³/mol. The molecule has 5 heteroatoms. The highest BCUT2D eigenvalue weighted by Gasteiger charge is 2.10. The van der Waals surface area contributed by atoms with Crippen LogP contribution in [0.4, 0.5) is 0 Å². The number of rotatable bonds is 3. The zero-order valence-corrected chi connectivity index (χ0v) is 11.7. The molecule has 1 heterocycles. The van der Waals surface area contributed by atoms with E-state index in [0.29, 0.717) is 16.7 Å². The molecule has 1 aromatic heterocycles. The Morgan fingerprint density at radius 1 is 1.05 bits per heavy atom. The van der Waals surface area contributed by atoms with Crippen LogP contribution >= 0.6 is 11.6 Å². The monoisotopic (exact) mass is 295 g/mol. The van der Waals surface area contributed by atoms with Crippen LogP contribution in [0.3, 0.4) is 0 Å². The summed E-state index contributed by atoms with van der Waals surface area (Å²) in [5.74, 6) is 0.949. The van der Waals surface area contributed by atoms with Crippen molar-refractivity contribution >= 4 is 22.5 Å². The Bertz CT molecular complexity index is 825. The van der Waals surface area contributed by atoms with Gasteiger partial charge in [0.1, 0.15) is 6.07 Å². The Kier molecular flexibility index (Phi) is 3.67. The first kappa shape index (κ1) is 13.3. The molecule has 102 valence electrons. The smallest absolute Gasteiger partial charge is 0.226 e. The molecule has 0 bridgehead atoms. The number of aromatic nitrogens is 2. The molecule has 2 aromatic carbocycles. The maximum atomic E-state index is 8.68. The fourth-order valence-corrected chi connectivity index (χ4v) is 2.11. The lowest BCUT2D eigenvalue weighted by Crippen LogP contribution is -2.00. The predicted octanol–water partition coefficient (Wildman–Crippen LogP) is 3.85. The van der Waals surface area contributed by atoms with Crippen molar-refractivity contribution in [1.29, 1.82) is 5.26 Å². The second-order valence-electron chi connectivity index (χ2n) is 4.32. The number of hydrogen-bond donors (Lipinski definition) is 0. The second-order valence-corrected chi connectivity index (χ2v) is 4.76. The third kappa shape index (κ3) is 2.78. The van der Waals surface area contributed by atoms with Crippen LogP contribution in [0, 0.1) is 11.3 Å². The Hall–Kier alpha value is -2.64. The zero-order valence-electron chi connectivity index (χ0n) is 11.0. The van der Waals surface area contributed by atoms with Crippen molar-refractivity contribution in [1.82, 2.24) is 9.97 Å². The van der Waals surface area contributed by atoms with E-state index >= 15 is 0 Å². The molecule has 0 amide bonds. The second kappa shape index (κ2) is 5.78. The summed E-state index contributed by atoms with van der Waals surface area (Å²) in [5.41, 5.74) is 1.61. The molecule has 4 nitrogen and oxygen atoms in total. The summed E-state index contributed by atoms with van der Waals surface area (Å²) < 4.78 is 5.42. The number of hydrogen-bond acceptors (Lipinski definition) is 4. The average Bonchev–Trinajstić information content (AvgIpc) is 2.53. The molecule has 0 aliphatic heterocycles. The van der Waals surface area contributed by atoms with Crippen molar-refractivity contribution in [2.24, 2.45) is 0 Å². The Morgan fingerprint density at radius 3 is 2.57 bits per heavy atom. The maximum absolute atomic E-state index is 8.68. The molecule has 0 aliphatic rings. The normalized spacial score (nSPS) is 10.3. The molecule has 0 saturated carbocycles. The van der Waals surface area contributed by atoms with Gasteiger partial charge in [-0.25, -0.2) is 4.98 Å². The number of ether oxygens (including phenoxy) is 1. The van der Waals surface area contributed by atoms with Crippen LogP contribution in [0.5, 0.6) is 5.88 Å². The average molecular weight is 296 g/mol. The number of fused-ring (bicyclic) bond motifs is 1. The van der Waals surface area contributed by atoms with E-state index in [1.54, 1.807) is 12.1 Å². The van der Waals surface area contributed by atoms with E-state index in [1.165, 1.54) is 0 Å². The van der Waals surface area contributed by atoms with Gasteiger partial charge in [0.15, 0.2) is 12.4 Å². The van der Waals surface area contributed by atoms with Crippen molar-refractivity contribution in [3.63, 3.8) is 0 Å². The minimum absolute atomic E-state index is 0.0545. The molecule has 0 atom stereocenters. The van der Waals surface area contributed by atoms with Crippen LogP contribution in [0.2, 0.25) is 5.02 Å². The fraction of sp³-hybridized carbons (Fsp3) is 0.0625. The molecule has 3 aromatic rings. The first-order valence-corrected chi connectivity index (χ1v) is 6.68. The quantitative estimate of drug-likeness (QED) is 0.736. The van der Waals surface area contributed by atoms with Gasteiger partial charge in [-0.2, -0.15) is 10.2 Å². The number of nitriles is 1. The third-order valence-corrected chi connectivity index (χ3v) is 3.20. The molecule has 0 saturated heterocycles. The van der Waals surface area contributed by atoms with Crippen LogP contribution in [0.1, 0.15) is 0 Å². The molecule has 0 N–H and O–H groups in total. The van der Waals surface area contributed by atoms with E-state index in [0.717, 1.165) is 16.5 Å². The molecular weight excluding hydrogens is 286 g/mol. The summed E-state index contributed by atoms with van der Waals surface area (Å²) in [6.45, 7) is -0.0545. The van der Waals surface area contributed by atoms with Crippen LogP contribution in [0.15, 0.2) is 48.5 Å². The van der Waals surface area contributed by atoms with Gasteiger partial charge in [0, 0.05) is 10.6 Å². The van der Waals surface area contributed by atoms with Crippen LogP contribution < -0.4 is 4.74 Å². The van der Waals surface area contributed by atoms with Gasteiger partial charge in [-0.3, -0.25) is 0 Å². The summed E-state index contributed by atoms with van der Waals surface area (Å²) in [7, 11) is 0. The van der Waals surface area contributed by atoms with Crippen LogP contribution in [0.25, 0.3) is 22.3 Å². The van der Waals surface area contributed by atoms with E-state index in [1.807, 2.05) is 42.5 Å². The fourth-order valence-electron chi connectivity index (χ4n) is 1.99. The van der Waals surface area contributed by atoms with Crippen molar-refractivity contribution in [2.45, 2.75) is 0 Å². The molecule has 0 unspecified atom stereocenters. The van der Waals surface area contributed by atoms with Crippen molar-refractivity contribution in [3.05, 3.63) is 53.6 Å². The molecule has 3 rings (SSSR count). The van der Waals surface area contributed by atoms with Crippen LogP contribution in [-0.4, -0.2) is 16.6 Å². The van der Waals surface area contributed by atoms with Gasteiger partial charge in [-0.05, 0) is 36.4 Å². The van der Waals surface area contributed by atoms with E-state index < -0.39 is 0 Å². The van der Waals surface area contributed by atoms with Gasteiger partial charge in [0.2, 0.25) is 5.88 Å². The number of para-hydroxylation sites is 1. The highest BCUT2D eigenvalue weighted by Crippen LogP contribution is 2.27. The van der Waals surface area contributed by atoms with Crippen molar-refractivity contribution < 1.29 is 4.74 Å². The number of nitrogens with zero attached hydrogens (tertiary/aromatic N) is 3. The van der Waals surface area contributed by atoms with Gasteiger partial charge in [0.25, 0.3) is 0 Å². The maximum Gasteiger partial charge on any atom is 0.226 e. The molecule has 0 aliphatic carbocycles. The van der Waals surface area contributed by atoms with Gasteiger partial charge >= 0.3 is 0 Å². The molecule has 0 spiro atoms. The Morgan fingerprint density at radius 2 is 1.81 bits per heavy atom. The van der Waals surface area contributed by atoms with E-state index in [2.05, 4.69) is 9.97 Å². The topological polar surface area (TPSA) is 58.8 Å². The van der Waals surface area contributed by atoms with Crippen LogP contribution in [-0.2, 0) is 0 Å². The van der Waals surface area contributed by atoms with Crippen molar-refractivity contribution in [3.8, 4) is 23.3 Å². The highest BCUT2D eigenvalue weighted by atomic mass is 35.5. The lowest BCUT2D eigenvalue weighted by molar-refractivity contribution is 0.358. The SMILES string of the molecule is N#CCOc1nc(-c2ccc(Cl)cc2)nc2ccccc12. The summed E-state index contributed by atoms with van der Waals surface area (Å²) in [6.07, 6.45) is 0. The largest absolute Gasteiger partial charge is 0.462 e. The standard InChI is InChI=1S/C16H10ClN3O/c17-12-7-5-11(6-8-12)15-19-14-4-2-1-3-13(14)16(20-15)21-10-9-18/h1-8H,10H2. The number of halogens is 1. The summed E-state index contributed by atoms with van der Waals surface area (Å²) in [5, 5.41) is 10.1. The third-order valence-electron chi connectivity index (χ3n) is 2.94. The summed E-state index contributed by atoms with van der Waals surface area (Å²) in [4.78, 5) is 8.94. The van der Waals surface area contributed by atoms with E-state index in [9.17, 15) is 0 Å². The van der Waals surface area contributed by atoms with Crippen molar-refractivity contribution in [2.75, 3.05) is 6.61 Å². The molecular formula is C16H10ClN3O.